The van der Waals surface area contributed by atoms with Crippen molar-refractivity contribution in [3.63, 3.8) is 0 Å². The van der Waals surface area contributed by atoms with Crippen LogP contribution in [0.4, 0.5) is 0 Å². The number of nitrogens with two attached hydrogens (primary N) is 1. The van der Waals surface area contributed by atoms with Gasteiger partial charge in [-0.1, -0.05) is 6.42 Å². The van der Waals surface area contributed by atoms with Crippen LogP contribution in [0.1, 0.15) is 32.1 Å². The Morgan fingerprint density at radius 2 is 2.00 bits per heavy atom. The number of carbonyl (C=O) groups excluding carboxylic acids is 1. The minimum Gasteiger partial charge on any atom is -0.497 e. The Morgan fingerprint density at radius 1 is 1.20 bits per heavy atom. The van der Waals surface area contributed by atoms with Crippen molar-refractivity contribution in [2.24, 2.45) is 5.73 Å². The molecule has 25 heavy (non-hydrogen) atoms. The third-order valence-corrected chi connectivity index (χ3v) is 4.21. The molecule has 0 spiro atoms. The van der Waals surface area contributed by atoms with Gasteiger partial charge in [0.2, 0.25) is 5.91 Å². The number of primary amides is 1. The van der Waals surface area contributed by atoms with Crippen molar-refractivity contribution < 1.29 is 14.3 Å². The average Bonchev–Trinajstić information content (AvgIpc) is 3.35. The zero-order valence-corrected chi connectivity index (χ0v) is 14.9. The molecule has 0 aliphatic carbocycles. The highest BCUT2D eigenvalue weighted by molar-refractivity contribution is 5.80. The fraction of sp³-hybridized carbons (Fsp3) is 0.526. The van der Waals surface area contributed by atoms with E-state index in [4.69, 9.17) is 15.2 Å². The van der Waals surface area contributed by atoms with Crippen LogP contribution in [0.5, 0.6) is 5.75 Å². The topological polar surface area (TPSA) is 89.4 Å². The molecule has 1 amide bonds. The number of aromatic amines is 1. The number of hydrogen-bond acceptors (Lipinski definition) is 4. The van der Waals surface area contributed by atoms with E-state index >= 15 is 0 Å². The Morgan fingerprint density at radius 3 is 2.48 bits per heavy atom. The predicted octanol–water partition coefficient (Wildman–Crippen LogP) is 2.59. The first-order valence-electron chi connectivity index (χ1n) is 8.93. The number of aromatic nitrogens is 1. The Bertz CT molecular complexity index is 620. The van der Waals surface area contributed by atoms with E-state index in [-0.39, 0.29) is 12.0 Å². The van der Waals surface area contributed by atoms with Gasteiger partial charge in [0.25, 0.3) is 0 Å². The van der Waals surface area contributed by atoms with E-state index in [2.05, 4.69) is 10.3 Å². The molecular formula is C19H29N3O3. The van der Waals surface area contributed by atoms with Gasteiger partial charge in [0, 0.05) is 23.7 Å². The van der Waals surface area contributed by atoms with Gasteiger partial charge in [-0.3, -0.25) is 4.79 Å². The van der Waals surface area contributed by atoms with Gasteiger partial charge in [0.15, 0.2) is 0 Å². The average molecular weight is 347 g/mol. The maximum absolute atomic E-state index is 10.3. The largest absolute Gasteiger partial charge is 0.497 e. The molecule has 6 nitrogen and oxygen atoms in total. The van der Waals surface area contributed by atoms with Crippen molar-refractivity contribution in [3.05, 3.63) is 30.5 Å². The summed E-state index contributed by atoms with van der Waals surface area (Å²) in [6.45, 7) is 3.19. The number of amides is 1. The molecule has 0 bridgehead atoms. The molecule has 2 saturated heterocycles. The minimum absolute atomic E-state index is 0.296. The first-order valence-corrected chi connectivity index (χ1v) is 8.93. The first-order chi connectivity index (χ1) is 12.2. The number of carbonyl (C=O) groups is 1. The predicted molar refractivity (Wildman–Crippen MR) is 99.7 cm³/mol. The summed E-state index contributed by atoms with van der Waals surface area (Å²) in [5.74, 6) is 0.569. The Hall–Kier alpha value is -2.05. The third kappa shape index (κ3) is 6.76. The molecule has 3 heterocycles. The van der Waals surface area contributed by atoms with Crippen molar-refractivity contribution in [3.8, 4) is 5.75 Å². The summed E-state index contributed by atoms with van der Waals surface area (Å²) in [6.07, 6.45) is 7.61. The second kappa shape index (κ2) is 10.7. The van der Waals surface area contributed by atoms with Crippen molar-refractivity contribution >= 4 is 16.8 Å². The summed E-state index contributed by atoms with van der Waals surface area (Å²) >= 11 is 0. The lowest BCUT2D eigenvalue weighted by molar-refractivity contribution is -0.126. The van der Waals surface area contributed by atoms with Gasteiger partial charge in [-0.2, -0.15) is 0 Å². The second-order valence-electron chi connectivity index (χ2n) is 6.15. The zero-order chi connectivity index (χ0) is 17.9. The molecule has 138 valence electrons. The molecule has 1 atom stereocenters. The van der Waals surface area contributed by atoms with E-state index in [1.165, 1.54) is 37.7 Å². The van der Waals surface area contributed by atoms with Gasteiger partial charge in [0.1, 0.15) is 11.9 Å². The van der Waals surface area contributed by atoms with E-state index in [1.807, 2.05) is 30.5 Å². The summed E-state index contributed by atoms with van der Waals surface area (Å²) in [4.78, 5) is 13.4. The van der Waals surface area contributed by atoms with Crippen molar-refractivity contribution in [1.82, 2.24) is 10.3 Å². The number of methoxy groups -OCH3 is 1. The van der Waals surface area contributed by atoms with Crippen LogP contribution in [-0.4, -0.2) is 43.8 Å². The smallest absolute Gasteiger partial charge is 0.246 e. The first kappa shape index (κ1) is 19.3. The summed E-state index contributed by atoms with van der Waals surface area (Å²) in [7, 11) is 1.67. The van der Waals surface area contributed by atoms with Crippen LogP contribution in [-0.2, 0) is 9.53 Å². The molecule has 2 fully saturated rings. The van der Waals surface area contributed by atoms with Gasteiger partial charge in [-0.15, -0.1) is 0 Å². The second-order valence-corrected chi connectivity index (χ2v) is 6.15. The van der Waals surface area contributed by atoms with E-state index < -0.39 is 0 Å². The number of piperidine rings is 1. The number of hydrogen-bond donors (Lipinski definition) is 3. The summed E-state index contributed by atoms with van der Waals surface area (Å²) < 4.78 is 10.0. The molecule has 2 aliphatic heterocycles. The number of nitrogens with one attached hydrogen (secondary N) is 2. The van der Waals surface area contributed by atoms with Crippen molar-refractivity contribution in [2.45, 2.75) is 38.2 Å². The maximum atomic E-state index is 10.3. The van der Waals surface area contributed by atoms with Crippen molar-refractivity contribution in [1.29, 1.82) is 0 Å². The molecular weight excluding hydrogens is 318 g/mol. The number of rotatable bonds is 2. The highest BCUT2D eigenvalue weighted by atomic mass is 16.5. The zero-order valence-electron chi connectivity index (χ0n) is 14.9. The van der Waals surface area contributed by atoms with Gasteiger partial charge < -0.3 is 25.5 Å². The van der Waals surface area contributed by atoms with Crippen LogP contribution in [0.15, 0.2) is 30.5 Å². The SMILES string of the molecule is C1CCNCC1.COc1ccc2[nH]ccc2c1.NC(=O)[C@@H]1CCCO1. The van der Waals surface area contributed by atoms with Gasteiger partial charge in [-0.25, -0.2) is 0 Å². The molecule has 6 heteroatoms. The lowest BCUT2D eigenvalue weighted by Gasteiger charge is -2.08. The number of fused-ring (bicyclic) bond motifs is 1. The van der Waals surface area contributed by atoms with E-state index in [1.54, 1.807) is 7.11 Å². The fourth-order valence-electron chi connectivity index (χ4n) is 2.76. The molecule has 1 aromatic heterocycles. The van der Waals surface area contributed by atoms with Crippen LogP contribution in [0.2, 0.25) is 0 Å². The maximum Gasteiger partial charge on any atom is 0.246 e. The fourth-order valence-corrected chi connectivity index (χ4v) is 2.76. The van der Waals surface area contributed by atoms with E-state index in [9.17, 15) is 4.79 Å². The third-order valence-electron chi connectivity index (χ3n) is 4.21. The number of H-pyrrole nitrogens is 1. The molecule has 0 saturated carbocycles. The van der Waals surface area contributed by atoms with Crippen molar-refractivity contribution in [2.75, 3.05) is 26.8 Å². The lowest BCUT2D eigenvalue weighted by atomic mass is 10.2. The molecule has 2 aliphatic rings. The quantitative estimate of drug-likeness (QED) is 0.779. The Balaban J connectivity index is 0.000000142. The van der Waals surface area contributed by atoms with Crippen LogP contribution in [0.3, 0.4) is 0 Å². The normalized spacial score (nSPS) is 19.3. The Labute approximate surface area is 149 Å². The summed E-state index contributed by atoms with van der Waals surface area (Å²) in [6, 6.07) is 7.98. The van der Waals surface area contributed by atoms with Gasteiger partial charge >= 0.3 is 0 Å². The highest BCUT2D eigenvalue weighted by Crippen LogP contribution is 2.18. The van der Waals surface area contributed by atoms with Crippen LogP contribution >= 0.6 is 0 Å². The number of ether oxygens (including phenoxy) is 2. The van der Waals surface area contributed by atoms with E-state index in [0.29, 0.717) is 6.61 Å². The molecule has 0 unspecified atom stereocenters. The van der Waals surface area contributed by atoms with Gasteiger partial charge in [0.05, 0.1) is 7.11 Å². The molecule has 4 N–H and O–H groups in total. The standard InChI is InChI=1S/C9H9NO.C5H9NO2.C5H11N/c1-11-8-2-3-9-7(6-8)4-5-10-9;6-5(7)4-2-1-3-8-4;1-2-4-6-5-3-1/h2-6,10H,1H3;4H,1-3H2,(H2,6,7);6H,1-5H2/t;4-;/m.0./s1. The monoisotopic (exact) mass is 347 g/mol. The molecule has 2 aromatic rings. The summed E-state index contributed by atoms with van der Waals surface area (Å²) in [5, 5.41) is 4.47. The number of benzene rings is 1. The molecule has 4 rings (SSSR count). The lowest BCUT2D eigenvalue weighted by Crippen LogP contribution is -2.27. The highest BCUT2D eigenvalue weighted by Gasteiger charge is 2.19. The Kier molecular flexibility index (Phi) is 8.28. The van der Waals surface area contributed by atoms with Crippen LogP contribution in [0.25, 0.3) is 10.9 Å². The molecule has 0 radical (unpaired) electrons. The van der Waals surface area contributed by atoms with E-state index in [0.717, 1.165) is 24.1 Å². The van der Waals surface area contributed by atoms with Gasteiger partial charge in [-0.05, 0) is 63.0 Å². The summed E-state index contributed by atoms with van der Waals surface area (Å²) in [5.41, 5.74) is 6.08. The van der Waals surface area contributed by atoms with Crippen LogP contribution in [0, 0.1) is 0 Å². The minimum atomic E-state index is -0.331. The molecule has 1 aromatic carbocycles. The van der Waals surface area contributed by atoms with Crippen LogP contribution < -0.4 is 15.8 Å².